The first-order valence-corrected chi connectivity index (χ1v) is 4.91. The largest absolute Gasteiger partial charge is 0.494 e. The van der Waals surface area contributed by atoms with E-state index in [9.17, 15) is 0 Å². The van der Waals surface area contributed by atoms with Crippen molar-refractivity contribution in [2.75, 3.05) is 20.0 Å². The molecule has 1 fully saturated rings. The Bertz CT molecular complexity index is 361. The summed E-state index contributed by atoms with van der Waals surface area (Å²) in [5.74, 6) is 1.25. The molecule has 0 bridgehead atoms. The zero-order valence-electron chi connectivity index (χ0n) is 9.04. The first-order chi connectivity index (χ1) is 7.10. The van der Waals surface area contributed by atoms with Gasteiger partial charge in [-0.1, -0.05) is 0 Å². The van der Waals surface area contributed by atoms with Crippen molar-refractivity contribution >= 4 is 5.69 Å². The Labute approximate surface area is 89.2 Å². The SMILES string of the molecule is COc1cc(C2(N)CC2)cc(OC)c1N. The number of hydrogen-bond donors (Lipinski definition) is 2. The average Bonchev–Trinajstić information content (AvgIpc) is 2.98. The van der Waals surface area contributed by atoms with E-state index in [1.807, 2.05) is 12.1 Å². The van der Waals surface area contributed by atoms with Crippen LogP contribution < -0.4 is 20.9 Å². The number of nitrogen functional groups attached to an aromatic ring is 1. The summed E-state index contributed by atoms with van der Waals surface area (Å²) in [5, 5.41) is 0. The zero-order chi connectivity index (χ0) is 11.1. The fourth-order valence-electron chi connectivity index (χ4n) is 1.65. The Morgan fingerprint density at radius 2 is 1.60 bits per heavy atom. The lowest BCUT2D eigenvalue weighted by atomic mass is 10.0. The molecule has 15 heavy (non-hydrogen) atoms. The van der Waals surface area contributed by atoms with Crippen LogP contribution in [0.2, 0.25) is 0 Å². The first kappa shape index (κ1) is 10.1. The minimum atomic E-state index is -0.200. The molecule has 0 atom stereocenters. The molecular formula is C11H16N2O2. The van der Waals surface area contributed by atoms with Crippen molar-refractivity contribution in [3.63, 3.8) is 0 Å². The van der Waals surface area contributed by atoms with E-state index >= 15 is 0 Å². The van der Waals surface area contributed by atoms with E-state index in [4.69, 9.17) is 20.9 Å². The molecule has 0 radical (unpaired) electrons. The van der Waals surface area contributed by atoms with Crippen molar-refractivity contribution in [3.05, 3.63) is 17.7 Å². The van der Waals surface area contributed by atoms with Crippen LogP contribution in [0.4, 0.5) is 5.69 Å². The third kappa shape index (κ3) is 1.61. The lowest BCUT2D eigenvalue weighted by Crippen LogP contribution is -2.19. The number of benzene rings is 1. The second-order valence-corrected chi connectivity index (χ2v) is 3.95. The number of hydrogen-bond acceptors (Lipinski definition) is 4. The first-order valence-electron chi connectivity index (χ1n) is 4.91. The second-order valence-electron chi connectivity index (χ2n) is 3.95. The van der Waals surface area contributed by atoms with Crippen LogP contribution in [0.1, 0.15) is 18.4 Å². The van der Waals surface area contributed by atoms with E-state index in [0.29, 0.717) is 17.2 Å². The summed E-state index contributed by atoms with van der Waals surface area (Å²) in [5.41, 5.74) is 13.3. The van der Waals surface area contributed by atoms with Gasteiger partial charge < -0.3 is 20.9 Å². The fraction of sp³-hybridized carbons (Fsp3) is 0.455. The molecule has 0 unspecified atom stereocenters. The smallest absolute Gasteiger partial charge is 0.145 e. The van der Waals surface area contributed by atoms with Crippen molar-refractivity contribution < 1.29 is 9.47 Å². The van der Waals surface area contributed by atoms with E-state index in [2.05, 4.69) is 0 Å². The standard InChI is InChI=1S/C11H16N2O2/c1-14-8-5-7(11(13)3-4-11)6-9(15-2)10(8)12/h5-6H,3-4,12-13H2,1-2H3. The Morgan fingerprint density at radius 3 is 1.93 bits per heavy atom. The highest BCUT2D eigenvalue weighted by atomic mass is 16.5. The second kappa shape index (κ2) is 3.31. The number of ether oxygens (including phenoxy) is 2. The van der Waals surface area contributed by atoms with Gasteiger partial charge in [0.15, 0.2) is 0 Å². The van der Waals surface area contributed by atoms with Crippen LogP contribution in [0.5, 0.6) is 11.5 Å². The summed E-state index contributed by atoms with van der Waals surface area (Å²) >= 11 is 0. The zero-order valence-corrected chi connectivity index (χ0v) is 9.04. The van der Waals surface area contributed by atoms with Gasteiger partial charge in [-0.05, 0) is 30.5 Å². The lowest BCUT2D eigenvalue weighted by Gasteiger charge is -2.15. The molecule has 1 aromatic carbocycles. The van der Waals surface area contributed by atoms with Crippen LogP contribution in [0.3, 0.4) is 0 Å². The molecule has 0 spiro atoms. The van der Waals surface area contributed by atoms with Crippen molar-refractivity contribution in [1.29, 1.82) is 0 Å². The van der Waals surface area contributed by atoms with Gasteiger partial charge in [-0.15, -0.1) is 0 Å². The molecule has 0 heterocycles. The molecule has 1 aromatic rings. The topological polar surface area (TPSA) is 70.5 Å². The molecule has 1 aliphatic rings. The van der Waals surface area contributed by atoms with Crippen LogP contribution in [-0.4, -0.2) is 14.2 Å². The molecule has 4 nitrogen and oxygen atoms in total. The normalized spacial score (nSPS) is 17.3. The molecule has 4 heteroatoms. The summed E-state index contributed by atoms with van der Waals surface area (Å²) in [6.07, 6.45) is 2.01. The fourth-order valence-corrected chi connectivity index (χ4v) is 1.65. The van der Waals surface area contributed by atoms with Gasteiger partial charge in [0, 0.05) is 5.54 Å². The third-order valence-electron chi connectivity index (χ3n) is 2.91. The van der Waals surface area contributed by atoms with E-state index in [-0.39, 0.29) is 5.54 Å². The van der Waals surface area contributed by atoms with Crippen LogP contribution in [0, 0.1) is 0 Å². The summed E-state index contributed by atoms with van der Waals surface area (Å²) < 4.78 is 10.4. The van der Waals surface area contributed by atoms with Crippen molar-refractivity contribution in [3.8, 4) is 11.5 Å². The maximum atomic E-state index is 6.11. The number of methoxy groups -OCH3 is 2. The van der Waals surface area contributed by atoms with Crippen molar-refractivity contribution in [2.24, 2.45) is 5.73 Å². The van der Waals surface area contributed by atoms with Gasteiger partial charge >= 0.3 is 0 Å². The summed E-state index contributed by atoms with van der Waals surface area (Å²) in [4.78, 5) is 0. The third-order valence-corrected chi connectivity index (χ3v) is 2.91. The van der Waals surface area contributed by atoms with E-state index < -0.39 is 0 Å². The highest BCUT2D eigenvalue weighted by molar-refractivity contribution is 5.65. The average molecular weight is 208 g/mol. The van der Waals surface area contributed by atoms with E-state index in [1.165, 1.54) is 0 Å². The molecular weight excluding hydrogens is 192 g/mol. The molecule has 0 amide bonds. The molecule has 2 rings (SSSR count). The van der Waals surface area contributed by atoms with Gasteiger partial charge in [-0.2, -0.15) is 0 Å². The summed E-state index contributed by atoms with van der Waals surface area (Å²) in [6, 6.07) is 3.79. The van der Waals surface area contributed by atoms with E-state index in [0.717, 1.165) is 18.4 Å². The molecule has 0 aliphatic heterocycles. The Hall–Kier alpha value is -1.42. The lowest BCUT2D eigenvalue weighted by molar-refractivity contribution is 0.396. The van der Waals surface area contributed by atoms with Gasteiger partial charge in [0.2, 0.25) is 0 Å². The van der Waals surface area contributed by atoms with Gasteiger partial charge in [-0.25, -0.2) is 0 Å². The Kier molecular flexibility index (Phi) is 2.23. The highest BCUT2D eigenvalue weighted by Gasteiger charge is 2.40. The Morgan fingerprint density at radius 1 is 1.13 bits per heavy atom. The maximum absolute atomic E-state index is 6.11. The molecule has 82 valence electrons. The van der Waals surface area contributed by atoms with Gasteiger partial charge in [0.05, 0.1) is 14.2 Å². The molecule has 1 aliphatic carbocycles. The van der Waals surface area contributed by atoms with E-state index in [1.54, 1.807) is 14.2 Å². The predicted molar refractivity (Wildman–Crippen MR) is 59.1 cm³/mol. The molecule has 4 N–H and O–H groups in total. The quantitative estimate of drug-likeness (QED) is 0.733. The van der Waals surface area contributed by atoms with Crippen LogP contribution in [0.25, 0.3) is 0 Å². The summed E-state index contributed by atoms with van der Waals surface area (Å²) in [6.45, 7) is 0. The number of rotatable bonds is 3. The van der Waals surface area contributed by atoms with Gasteiger partial charge in [0.1, 0.15) is 17.2 Å². The number of nitrogens with two attached hydrogens (primary N) is 2. The van der Waals surface area contributed by atoms with Crippen LogP contribution in [-0.2, 0) is 5.54 Å². The van der Waals surface area contributed by atoms with Crippen LogP contribution >= 0.6 is 0 Å². The molecule has 1 saturated carbocycles. The monoisotopic (exact) mass is 208 g/mol. The number of anilines is 1. The van der Waals surface area contributed by atoms with Crippen molar-refractivity contribution in [2.45, 2.75) is 18.4 Å². The summed E-state index contributed by atoms with van der Waals surface area (Å²) in [7, 11) is 3.18. The van der Waals surface area contributed by atoms with Gasteiger partial charge in [0.25, 0.3) is 0 Å². The molecule has 0 saturated heterocycles. The minimum Gasteiger partial charge on any atom is -0.494 e. The van der Waals surface area contributed by atoms with Gasteiger partial charge in [-0.3, -0.25) is 0 Å². The minimum absolute atomic E-state index is 0.200. The highest BCUT2D eigenvalue weighted by Crippen LogP contribution is 2.46. The molecule has 0 aromatic heterocycles. The van der Waals surface area contributed by atoms with Crippen LogP contribution in [0.15, 0.2) is 12.1 Å². The maximum Gasteiger partial charge on any atom is 0.145 e. The Balaban J connectivity index is 2.49. The predicted octanol–water partition coefficient (Wildman–Crippen LogP) is 1.23. The van der Waals surface area contributed by atoms with Crippen molar-refractivity contribution in [1.82, 2.24) is 0 Å².